The molecule has 0 aliphatic rings. The van der Waals surface area contributed by atoms with Crippen LogP contribution in [0.1, 0.15) is 15.2 Å². The lowest BCUT2D eigenvalue weighted by atomic mass is 10.2. The summed E-state index contributed by atoms with van der Waals surface area (Å²) in [4.78, 5) is 12.5. The monoisotopic (exact) mass is 404 g/mol. The number of sulfonamides is 1. The first kappa shape index (κ1) is 19.1. The van der Waals surface area contributed by atoms with Gasteiger partial charge in [0.15, 0.2) is 0 Å². The Labute approximate surface area is 161 Å². The number of para-hydroxylation sites is 1. The summed E-state index contributed by atoms with van der Waals surface area (Å²) in [6.07, 6.45) is 0. The molecule has 0 fully saturated rings. The number of benzene rings is 2. The van der Waals surface area contributed by atoms with Gasteiger partial charge in [0.2, 0.25) is 0 Å². The van der Waals surface area contributed by atoms with Crippen LogP contribution in [-0.2, 0) is 10.0 Å². The second-order valence-corrected chi connectivity index (χ2v) is 8.77. The molecule has 3 rings (SSSR count). The van der Waals surface area contributed by atoms with Crippen LogP contribution in [0.3, 0.4) is 0 Å². The zero-order valence-electron chi connectivity index (χ0n) is 14.6. The Balaban J connectivity index is 1.84. The van der Waals surface area contributed by atoms with Crippen molar-refractivity contribution < 1.29 is 17.6 Å². The molecule has 8 heteroatoms. The van der Waals surface area contributed by atoms with Gasteiger partial charge in [0.05, 0.1) is 21.1 Å². The molecule has 0 saturated carbocycles. The molecule has 0 atom stereocenters. The van der Waals surface area contributed by atoms with E-state index in [1.54, 1.807) is 24.3 Å². The third kappa shape index (κ3) is 4.01. The smallest absolute Gasteiger partial charge is 0.265 e. The number of anilines is 2. The second-order valence-electron chi connectivity index (χ2n) is 5.89. The maximum Gasteiger partial charge on any atom is 0.265 e. The number of hydrogen-bond acceptors (Lipinski definition) is 4. The lowest BCUT2D eigenvalue weighted by Crippen LogP contribution is -2.26. The predicted octanol–water partition coefficient (Wildman–Crippen LogP) is 4.27. The molecule has 1 heterocycles. The van der Waals surface area contributed by atoms with E-state index in [1.165, 1.54) is 41.0 Å². The zero-order chi connectivity index (χ0) is 19.6. The molecular weight excluding hydrogens is 387 g/mol. The molecule has 0 radical (unpaired) electrons. The first-order chi connectivity index (χ1) is 12.8. The van der Waals surface area contributed by atoms with E-state index < -0.39 is 21.7 Å². The molecule has 0 aliphatic carbocycles. The highest BCUT2D eigenvalue weighted by Crippen LogP contribution is 2.27. The fourth-order valence-electron chi connectivity index (χ4n) is 2.44. The van der Waals surface area contributed by atoms with E-state index in [1.807, 2.05) is 13.0 Å². The number of amides is 1. The lowest BCUT2D eigenvalue weighted by molar-refractivity contribution is 0.103. The molecule has 0 unspecified atom stereocenters. The summed E-state index contributed by atoms with van der Waals surface area (Å²) >= 11 is 0.985. The van der Waals surface area contributed by atoms with Gasteiger partial charge in [0, 0.05) is 12.4 Å². The SMILES string of the molecule is Cc1cccc(N(C)S(=O)(=O)c2csc(C(=O)Nc3ccccc3F)c2)c1. The van der Waals surface area contributed by atoms with Gasteiger partial charge in [0.1, 0.15) is 5.82 Å². The molecule has 3 aromatic rings. The van der Waals surface area contributed by atoms with Crippen molar-refractivity contribution in [2.45, 2.75) is 11.8 Å². The zero-order valence-corrected chi connectivity index (χ0v) is 16.3. The first-order valence-electron chi connectivity index (χ1n) is 7.99. The molecule has 1 N–H and O–H groups in total. The third-order valence-corrected chi connectivity index (χ3v) is 6.79. The minimum atomic E-state index is -3.81. The van der Waals surface area contributed by atoms with Gasteiger partial charge in [-0.3, -0.25) is 9.10 Å². The Hall–Kier alpha value is -2.71. The number of halogens is 1. The van der Waals surface area contributed by atoms with Crippen LogP contribution in [0.25, 0.3) is 0 Å². The van der Waals surface area contributed by atoms with E-state index in [0.717, 1.165) is 16.9 Å². The number of hydrogen-bond donors (Lipinski definition) is 1. The van der Waals surface area contributed by atoms with Gasteiger partial charge in [-0.2, -0.15) is 0 Å². The Morgan fingerprint density at radius 3 is 2.56 bits per heavy atom. The molecule has 140 valence electrons. The predicted molar refractivity (Wildman–Crippen MR) is 105 cm³/mol. The number of thiophene rings is 1. The van der Waals surface area contributed by atoms with Gasteiger partial charge in [-0.25, -0.2) is 12.8 Å². The Kier molecular flexibility index (Phi) is 5.29. The van der Waals surface area contributed by atoms with Crippen LogP contribution in [0.2, 0.25) is 0 Å². The van der Waals surface area contributed by atoms with Crippen molar-refractivity contribution in [3.05, 3.63) is 76.2 Å². The topological polar surface area (TPSA) is 66.5 Å². The summed E-state index contributed by atoms with van der Waals surface area (Å²) in [5, 5.41) is 3.85. The summed E-state index contributed by atoms with van der Waals surface area (Å²) < 4.78 is 40.5. The van der Waals surface area contributed by atoms with E-state index >= 15 is 0 Å². The highest BCUT2D eigenvalue weighted by molar-refractivity contribution is 7.93. The van der Waals surface area contributed by atoms with E-state index in [0.29, 0.717) is 5.69 Å². The molecule has 5 nitrogen and oxygen atoms in total. The van der Waals surface area contributed by atoms with E-state index in [9.17, 15) is 17.6 Å². The molecule has 0 spiro atoms. The minimum Gasteiger partial charge on any atom is -0.319 e. The normalized spacial score (nSPS) is 11.2. The number of carbonyl (C=O) groups is 1. The molecule has 0 saturated heterocycles. The van der Waals surface area contributed by atoms with Crippen molar-refractivity contribution in [3.8, 4) is 0 Å². The number of nitrogens with one attached hydrogen (secondary N) is 1. The minimum absolute atomic E-state index is 0.00943. The maximum atomic E-state index is 13.7. The fraction of sp³-hybridized carbons (Fsp3) is 0.105. The average molecular weight is 404 g/mol. The van der Waals surface area contributed by atoms with Crippen molar-refractivity contribution in [1.82, 2.24) is 0 Å². The molecule has 27 heavy (non-hydrogen) atoms. The molecule has 1 amide bonds. The van der Waals surface area contributed by atoms with Gasteiger partial charge in [-0.15, -0.1) is 11.3 Å². The second kappa shape index (κ2) is 7.50. The Bertz CT molecular complexity index is 1090. The summed E-state index contributed by atoms with van der Waals surface area (Å²) in [6.45, 7) is 1.87. The Morgan fingerprint density at radius 2 is 1.85 bits per heavy atom. The van der Waals surface area contributed by atoms with Gasteiger partial charge in [-0.1, -0.05) is 24.3 Å². The van der Waals surface area contributed by atoms with Crippen molar-refractivity contribution in [2.24, 2.45) is 0 Å². The molecule has 0 aliphatic heterocycles. The number of aryl methyl sites for hydroxylation is 1. The standard InChI is InChI=1S/C19H17FN2O3S2/c1-13-6-5-7-14(10-13)22(2)27(24,25)15-11-18(26-12-15)19(23)21-17-9-4-3-8-16(17)20/h3-12H,1-2H3,(H,21,23). The number of carbonyl (C=O) groups excluding carboxylic acids is 1. The van der Waals surface area contributed by atoms with Crippen LogP contribution < -0.4 is 9.62 Å². The molecule has 1 aromatic heterocycles. The Morgan fingerprint density at radius 1 is 1.11 bits per heavy atom. The van der Waals surface area contributed by atoms with Crippen molar-refractivity contribution in [2.75, 3.05) is 16.7 Å². The number of rotatable bonds is 5. The lowest BCUT2D eigenvalue weighted by Gasteiger charge is -2.19. The van der Waals surface area contributed by atoms with Gasteiger partial charge in [0.25, 0.3) is 15.9 Å². The largest absolute Gasteiger partial charge is 0.319 e. The average Bonchev–Trinajstić information content (AvgIpc) is 3.14. The highest BCUT2D eigenvalue weighted by atomic mass is 32.2. The van der Waals surface area contributed by atoms with Gasteiger partial charge in [-0.05, 0) is 42.8 Å². The van der Waals surface area contributed by atoms with E-state index in [4.69, 9.17) is 0 Å². The van der Waals surface area contributed by atoms with Gasteiger partial charge < -0.3 is 5.32 Å². The van der Waals surface area contributed by atoms with Crippen molar-refractivity contribution in [1.29, 1.82) is 0 Å². The van der Waals surface area contributed by atoms with Crippen LogP contribution >= 0.6 is 11.3 Å². The van der Waals surface area contributed by atoms with Crippen LogP contribution in [0, 0.1) is 12.7 Å². The maximum absolute atomic E-state index is 13.7. The van der Waals surface area contributed by atoms with Crippen molar-refractivity contribution >= 4 is 38.6 Å². The first-order valence-corrected chi connectivity index (χ1v) is 10.3. The molecular formula is C19H17FN2O3S2. The van der Waals surface area contributed by atoms with Crippen molar-refractivity contribution in [3.63, 3.8) is 0 Å². The summed E-state index contributed by atoms with van der Waals surface area (Å²) in [6, 6.07) is 14.2. The van der Waals surface area contributed by atoms with Gasteiger partial charge >= 0.3 is 0 Å². The summed E-state index contributed by atoms with van der Waals surface area (Å²) in [5.74, 6) is -1.13. The summed E-state index contributed by atoms with van der Waals surface area (Å²) in [5.41, 5.74) is 1.50. The van der Waals surface area contributed by atoms with Crippen LogP contribution in [-0.4, -0.2) is 21.4 Å². The quantitative estimate of drug-likeness (QED) is 0.690. The molecule has 0 bridgehead atoms. The summed E-state index contributed by atoms with van der Waals surface area (Å²) in [7, 11) is -2.35. The van der Waals surface area contributed by atoms with E-state index in [2.05, 4.69) is 5.32 Å². The fourth-order valence-corrected chi connectivity index (χ4v) is 4.78. The van der Waals surface area contributed by atoms with Crippen LogP contribution in [0.15, 0.2) is 64.9 Å². The third-order valence-electron chi connectivity index (χ3n) is 3.94. The molecule has 2 aromatic carbocycles. The van der Waals surface area contributed by atoms with E-state index in [-0.39, 0.29) is 15.5 Å². The highest BCUT2D eigenvalue weighted by Gasteiger charge is 2.24. The van der Waals surface area contributed by atoms with Crippen LogP contribution in [0.5, 0.6) is 0 Å². The number of nitrogens with zero attached hydrogens (tertiary/aromatic N) is 1. The van der Waals surface area contributed by atoms with Crippen LogP contribution in [0.4, 0.5) is 15.8 Å².